The minimum atomic E-state index is -0.688. The van der Waals surface area contributed by atoms with Gasteiger partial charge in [-0.25, -0.2) is 9.37 Å². The third-order valence-electron chi connectivity index (χ3n) is 4.78. The molecule has 0 saturated carbocycles. The molecule has 1 heterocycles. The summed E-state index contributed by atoms with van der Waals surface area (Å²) in [4.78, 5) is 31.8. The van der Waals surface area contributed by atoms with Gasteiger partial charge in [0.25, 0.3) is 11.5 Å². The fraction of sp³-hybridized carbons (Fsp3) is 0.261. The normalized spacial score (nSPS) is 11.0. The average molecular weight is 424 g/mol. The van der Waals surface area contributed by atoms with Gasteiger partial charge in [0.1, 0.15) is 11.6 Å². The SMILES string of the molecule is CN(C)CCn1c(Cc2ccccc2)nc(C(=O)NCc2ccc(F)cc2)c(O)c1=O. The lowest BCUT2D eigenvalue weighted by Crippen LogP contribution is -2.33. The first-order chi connectivity index (χ1) is 14.8. The van der Waals surface area contributed by atoms with Gasteiger partial charge in [0.15, 0.2) is 5.69 Å². The molecule has 162 valence electrons. The Hall–Kier alpha value is -3.52. The Kier molecular flexibility index (Phi) is 7.15. The van der Waals surface area contributed by atoms with Crippen molar-refractivity contribution in [2.45, 2.75) is 19.5 Å². The van der Waals surface area contributed by atoms with Crippen LogP contribution < -0.4 is 10.9 Å². The maximum absolute atomic E-state index is 13.1. The van der Waals surface area contributed by atoms with E-state index in [2.05, 4.69) is 10.3 Å². The van der Waals surface area contributed by atoms with Gasteiger partial charge in [-0.1, -0.05) is 42.5 Å². The molecule has 31 heavy (non-hydrogen) atoms. The molecule has 0 aliphatic heterocycles. The highest BCUT2D eigenvalue weighted by Crippen LogP contribution is 2.14. The van der Waals surface area contributed by atoms with Crippen LogP contribution in [0.2, 0.25) is 0 Å². The second-order valence-corrected chi connectivity index (χ2v) is 7.46. The van der Waals surface area contributed by atoms with E-state index < -0.39 is 17.2 Å². The smallest absolute Gasteiger partial charge is 0.296 e. The van der Waals surface area contributed by atoms with Crippen molar-refractivity contribution in [3.05, 3.63) is 93.4 Å². The number of aromatic hydroxyl groups is 1. The molecule has 0 saturated heterocycles. The zero-order chi connectivity index (χ0) is 22.4. The standard InChI is InChI=1S/C23H25FN4O3/c1-27(2)12-13-28-19(14-16-6-4-3-5-7-16)26-20(21(29)23(28)31)22(30)25-15-17-8-10-18(24)11-9-17/h3-11,29H,12-15H2,1-2H3,(H,25,30). The number of amides is 1. The van der Waals surface area contributed by atoms with Gasteiger partial charge in [-0.15, -0.1) is 0 Å². The van der Waals surface area contributed by atoms with Crippen LogP contribution in [0.25, 0.3) is 0 Å². The molecule has 8 heteroatoms. The Morgan fingerprint density at radius 1 is 1.10 bits per heavy atom. The maximum atomic E-state index is 13.1. The quantitative estimate of drug-likeness (QED) is 0.579. The van der Waals surface area contributed by atoms with Crippen LogP contribution in [-0.4, -0.2) is 46.1 Å². The van der Waals surface area contributed by atoms with Gasteiger partial charge in [-0.3, -0.25) is 14.2 Å². The third-order valence-corrected chi connectivity index (χ3v) is 4.78. The summed E-state index contributed by atoms with van der Waals surface area (Å²) in [5.41, 5.74) is 0.628. The first kappa shape index (κ1) is 22.2. The molecule has 0 aliphatic rings. The van der Waals surface area contributed by atoms with Crippen molar-refractivity contribution in [2.75, 3.05) is 20.6 Å². The highest BCUT2D eigenvalue weighted by Gasteiger charge is 2.21. The van der Waals surface area contributed by atoms with Crippen LogP contribution in [0.4, 0.5) is 4.39 Å². The minimum Gasteiger partial charge on any atom is -0.501 e. The number of aromatic nitrogens is 2. The number of hydrogen-bond acceptors (Lipinski definition) is 5. The number of halogens is 1. The Labute approximate surface area is 179 Å². The van der Waals surface area contributed by atoms with Crippen LogP contribution in [0.15, 0.2) is 59.4 Å². The number of likely N-dealkylation sites (N-methyl/N-ethyl adjacent to an activating group) is 1. The zero-order valence-corrected chi connectivity index (χ0v) is 17.5. The summed E-state index contributed by atoms with van der Waals surface area (Å²) in [6, 6.07) is 15.1. The van der Waals surface area contributed by atoms with Crippen LogP contribution in [0.1, 0.15) is 27.4 Å². The van der Waals surface area contributed by atoms with E-state index in [-0.39, 0.29) is 18.1 Å². The van der Waals surface area contributed by atoms with Gasteiger partial charge in [-0.2, -0.15) is 0 Å². The lowest BCUT2D eigenvalue weighted by Gasteiger charge is -2.17. The molecule has 1 aromatic heterocycles. The number of carbonyl (C=O) groups is 1. The molecule has 7 nitrogen and oxygen atoms in total. The van der Waals surface area contributed by atoms with E-state index in [1.54, 1.807) is 12.1 Å². The summed E-state index contributed by atoms with van der Waals surface area (Å²) in [7, 11) is 3.76. The molecule has 3 aromatic rings. The fourth-order valence-electron chi connectivity index (χ4n) is 3.06. The monoisotopic (exact) mass is 424 g/mol. The van der Waals surface area contributed by atoms with Gasteiger partial charge in [-0.05, 0) is 37.4 Å². The molecule has 2 aromatic carbocycles. The summed E-state index contributed by atoms with van der Waals surface area (Å²) in [5, 5.41) is 13.0. The van der Waals surface area contributed by atoms with Gasteiger partial charge in [0, 0.05) is 26.1 Å². The maximum Gasteiger partial charge on any atom is 0.296 e. The highest BCUT2D eigenvalue weighted by molar-refractivity contribution is 5.94. The molecule has 0 aliphatic carbocycles. The number of carbonyl (C=O) groups excluding carboxylic acids is 1. The van der Waals surface area contributed by atoms with Crippen LogP contribution in [0.5, 0.6) is 5.75 Å². The van der Waals surface area contributed by atoms with Gasteiger partial charge in [0.05, 0.1) is 0 Å². The third kappa shape index (κ3) is 5.76. The number of hydrogen-bond donors (Lipinski definition) is 2. The van der Waals surface area contributed by atoms with E-state index in [1.807, 2.05) is 49.3 Å². The van der Waals surface area contributed by atoms with E-state index >= 15 is 0 Å². The Bertz CT molecular complexity index is 1100. The van der Waals surface area contributed by atoms with Crippen molar-refractivity contribution >= 4 is 5.91 Å². The molecular weight excluding hydrogens is 399 g/mol. The Morgan fingerprint density at radius 2 is 1.77 bits per heavy atom. The van der Waals surface area contributed by atoms with Gasteiger partial charge < -0.3 is 15.3 Å². The Balaban J connectivity index is 1.91. The molecule has 0 atom stereocenters. The zero-order valence-electron chi connectivity index (χ0n) is 17.5. The summed E-state index contributed by atoms with van der Waals surface area (Å²) >= 11 is 0. The molecule has 0 bridgehead atoms. The minimum absolute atomic E-state index is 0.109. The molecule has 3 rings (SSSR count). The van der Waals surface area contributed by atoms with Crippen molar-refractivity contribution in [3.63, 3.8) is 0 Å². The predicted octanol–water partition coefficient (Wildman–Crippen LogP) is 2.17. The van der Waals surface area contributed by atoms with E-state index in [0.29, 0.717) is 30.9 Å². The van der Waals surface area contributed by atoms with Crippen LogP contribution >= 0.6 is 0 Å². The number of nitrogens with one attached hydrogen (secondary N) is 1. The van der Waals surface area contributed by atoms with Gasteiger partial charge >= 0.3 is 0 Å². The molecule has 0 spiro atoms. The summed E-state index contributed by atoms with van der Waals surface area (Å²) in [6.45, 7) is 1.00. The largest absolute Gasteiger partial charge is 0.501 e. The molecule has 0 fully saturated rings. The van der Waals surface area contributed by atoms with E-state index in [1.165, 1.54) is 16.7 Å². The first-order valence-electron chi connectivity index (χ1n) is 9.89. The Morgan fingerprint density at radius 3 is 2.42 bits per heavy atom. The van der Waals surface area contributed by atoms with E-state index in [4.69, 9.17) is 0 Å². The lowest BCUT2D eigenvalue weighted by molar-refractivity contribution is 0.0941. The summed E-state index contributed by atoms with van der Waals surface area (Å²) < 4.78 is 14.5. The summed E-state index contributed by atoms with van der Waals surface area (Å²) in [6.07, 6.45) is 0.335. The van der Waals surface area contributed by atoms with Crippen molar-refractivity contribution in [1.29, 1.82) is 0 Å². The molecule has 0 radical (unpaired) electrons. The van der Waals surface area contributed by atoms with Crippen molar-refractivity contribution in [2.24, 2.45) is 0 Å². The van der Waals surface area contributed by atoms with Gasteiger partial charge in [0.2, 0.25) is 5.75 Å². The summed E-state index contributed by atoms with van der Waals surface area (Å²) in [5.74, 6) is -1.34. The second kappa shape index (κ2) is 9.99. The highest BCUT2D eigenvalue weighted by atomic mass is 19.1. The topological polar surface area (TPSA) is 87.5 Å². The van der Waals surface area contributed by atoms with Crippen molar-refractivity contribution in [1.82, 2.24) is 19.8 Å². The fourth-order valence-corrected chi connectivity index (χ4v) is 3.06. The van der Waals surface area contributed by atoms with Crippen LogP contribution in [0.3, 0.4) is 0 Å². The molecule has 0 unspecified atom stereocenters. The lowest BCUT2D eigenvalue weighted by atomic mass is 10.1. The predicted molar refractivity (Wildman–Crippen MR) is 116 cm³/mol. The number of benzene rings is 2. The average Bonchev–Trinajstić information content (AvgIpc) is 2.75. The molecule has 2 N–H and O–H groups in total. The van der Waals surface area contributed by atoms with Crippen LogP contribution in [-0.2, 0) is 19.5 Å². The van der Waals surface area contributed by atoms with Crippen molar-refractivity contribution < 1.29 is 14.3 Å². The van der Waals surface area contributed by atoms with Crippen molar-refractivity contribution in [3.8, 4) is 5.75 Å². The molecule has 1 amide bonds. The first-order valence-corrected chi connectivity index (χ1v) is 9.89. The number of nitrogens with zero attached hydrogens (tertiary/aromatic N) is 3. The van der Waals surface area contributed by atoms with E-state index in [9.17, 15) is 19.1 Å². The molecular formula is C23H25FN4O3. The van der Waals surface area contributed by atoms with Crippen LogP contribution in [0, 0.1) is 5.82 Å². The second-order valence-electron chi connectivity index (χ2n) is 7.46. The van der Waals surface area contributed by atoms with E-state index in [0.717, 1.165) is 5.56 Å². The number of rotatable bonds is 8.